The Hall–Kier alpha value is 0.430. The topological polar surface area (TPSA) is 60.4 Å². The van der Waals surface area contributed by atoms with Crippen LogP contribution in [-0.4, -0.2) is 17.7 Å². The second-order valence-corrected chi connectivity index (χ2v) is 1.04. The maximum absolute atomic E-state index is 9.26. The molecule has 0 bridgehead atoms. The molecule has 0 aliphatic carbocycles. The molecule has 0 aromatic heterocycles. The van der Waals surface area contributed by atoms with Crippen molar-refractivity contribution in [1.29, 1.82) is 0 Å². The maximum atomic E-state index is 9.26. The molecular formula is C5H11NaO3. The zero-order valence-electron chi connectivity index (χ0n) is 6.18. The molecule has 1 N–H and O–H groups in total. The van der Waals surface area contributed by atoms with Gasteiger partial charge in [-0.1, -0.05) is 6.92 Å². The summed E-state index contributed by atoms with van der Waals surface area (Å²) in [5.74, 6) is -0.995. The molecule has 50 valence electrons. The first kappa shape index (κ1) is 16.2. The van der Waals surface area contributed by atoms with Crippen LogP contribution < -0.4 is 34.7 Å². The minimum atomic E-state index is -0.995. The summed E-state index contributed by atoms with van der Waals surface area (Å²) in [6.07, 6.45) is 0.111. The van der Waals surface area contributed by atoms with Crippen LogP contribution in [-0.2, 0) is 4.79 Å². The first-order valence-corrected chi connectivity index (χ1v) is 2.49. The van der Waals surface area contributed by atoms with Gasteiger partial charge in [0.05, 0.1) is 0 Å². The molecule has 3 nitrogen and oxygen atoms in total. The Bertz CT molecular complexity index is 56.2. The largest absolute Gasteiger partial charge is 1.00 e. The number of carbonyl (C=O) groups is 1. The molecule has 0 amide bonds. The van der Waals surface area contributed by atoms with Gasteiger partial charge >= 0.3 is 29.6 Å². The van der Waals surface area contributed by atoms with E-state index in [2.05, 4.69) is 0 Å². The minimum absolute atomic E-state index is 0. The maximum Gasteiger partial charge on any atom is 1.00 e. The zero-order chi connectivity index (χ0) is 6.99. The molecule has 0 saturated carbocycles. The van der Waals surface area contributed by atoms with E-state index < -0.39 is 5.97 Å². The van der Waals surface area contributed by atoms with Crippen molar-refractivity contribution in [1.82, 2.24) is 0 Å². The van der Waals surface area contributed by atoms with Crippen molar-refractivity contribution < 1.29 is 44.6 Å². The van der Waals surface area contributed by atoms with Crippen LogP contribution in [0, 0.1) is 0 Å². The van der Waals surface area contributed by atoms with Crippen molar-refractivity contribution in [2.24, 2.45) is 0 Å². The first-order valence-electron chi connectivity index (χ1n) is 2.49. The summed E-state index contributed by atoms with van der Waals surface area (Å²) in [6, 6.07) is 0. The summed E-state index contributed by atoms with van der Waals surface area (Å²) in [4.78, 5) is 9.26. The third-order valence-electron chi connectivity index (χ3n) is 0.289. The molecule has 0 saturated heterocycles. The van der Waals surface area contributed by atoms with Crippen LogP contribution in [0.3, 0.4) is 0 Å². The number of rotatable bonds is 1. The summed E-state index contributed by atoms with van der Waals surface area (Å²) >= 11 is 0. The second kappa shape index (κ2) is 15.8. The molecule has 0 fully saturated rings. The van der Waals surface area contributed by atoms with E-state index in [1.165, 1.54) is 6.92 Å². The molecule has 0 radical (unpaired) electrons. The molecule has 0 rings (SSSR count). The van der Waals surface area contributed by atoms with Gasteiger partial charge in [0.1, 0.15) is 0 Å². The summed E-state index contributed by atoms with van der Waals surface area (Å²) in [5, 5.41) is 16.8. The normalized spacial score (nSPS) is 6.11. The summed E-state index contributed by atoms with van der Waals surface area (Å²) in [5.41, 5.74) is 0. The van der Waals surface area contributed by atoms with Crippen LogP contribution >= 0.6 is 0 Å². The van der Waals surface area contributed by atoms with Crippen molar-refractivity contribution in [3.63, 3.8) is 0 Å². The number of aliphatic carboxylic acids is 1. The molecular weight excluding hydrogens is 131 g/mol. The number of aliphatic hydroxyl groups excluding tert-OH is 1. The Balaban J connectivity index is -0.0000000800. The second-order valence-electron chi connectivity index (χ2n) is 1.04. The number of carboxylic acids is 1. The van der Waals surface area contributed by atoms with Crippen LogP contribution in [0.15, 0.2) is 0 Å². The summed E-state index contributed by atoms with van der Waals surface area (Å²) in [6.45, 7) is 3.47. The molecule has 0 aromatic carbocycles. The predicted molar refractivity (Wildman–Crippen MR) is 28.1 cm³/mol. The zero-order valence-corrected chi connectivity index (χ0v) is 8.18. The fraction of sp³-hybridized carbons (Fsp3) is 0.800. The van der Waals surface area contributed by atoms with E-state index in [1.807, 2.05) is 0 Å². The Morgan fingerprint density at radius 1 is 1.56 bits per heavy atom. The van der Waals surface area contributed by atoms with Gasteiger partial charge in [0.25, 0.3) is 0 Å². The average molecular weight is 142 g/mol. The standard InChI is InChI=1S/C3H6O2.C2H6O.Na/c1-2-3(4)5;1-2-3;/h2H2,1H3,(H,4,5);3H,2H2,1H3;/q;;+1/p-1. The number of aliphatic hydroxyl groups is 1. The van der Waals surface area contributed by atoms with Crippen LogP contribution in [0.5, 0.6) is 0 Å². The van der Waals surface area contributed by atoms with E-state index in [0.29, 0.717) is 0 Å². The number of hydrogen-bond donors (Lipinski definition) is 1. The molecule has 0 aliphatic heterocycles. The molecule has 9 heavy (non-hydrogen) atoms. The molecule has 0 spiro atoms. The van der Waals surface area contributed by atoms with Crippen molar-refractivity contribution in [3.8, 4) is 0 Å². The van der Waals surface area contributed by atoms with Gasteiger partial charge in [-0.05, 0) is 13.3 Å². The number of hydrogen-bond acceptors (Lipinski definition) is 3. The van der Waals surface area contributed by atoms with Crippen molar-refractivity contribution in [2.45, 2.75) is 20.3 Å². The van der Waals surface area contributed by atoms with E-state index in [4.69, 9.17) is 5.11 Å². The predicted octanol–water partition coefficient (Wildman–Crippen LogP) is -3.85. The van der Waals surface area contributed by atoms with E-state index in [-0.39, 0.29) is 42.6 Å². The molecule has 0 aromatic rings. The van der Waals surface area contributed by atoms with Gasteiger partial charge in [-0.3, -0.25) is 0 Å². The molecule has 4 heteroatoms. The summed E-state index contributed by atoms with van der Waals surface area (Å²) < 4.78 is 0. The van der Waals surface area contributed by atoms with Gasteiger partial charge in [0.2, 0.25) is 0 Å². The van der Waals surface area contributed by atoms with Gasteiger partial charge in [-0.2, -0.15) is 0 Å². The van der Waals surface area contributed by atoms with Gasteiger partial charge in [-0.25, -0.2) is 0 Å². The monoisotopic (exact) mass is 142 g/mol. The first-order chi connectivity index (χ1) is 3.68. The van der Waals surface area contributed by atoms with Gasteiger partial charge in [-0.15, -0.1) is 0 Å². The van der Waals surface area contributed by atoms with Crippen LogP contribution in [0.25, 0.3) is 0 Å². The van der Waals surface area contributed by atoms with Crippen molar-refractivity contribution >= 4 is 5.97 Å². The van der Waals surface area contributed by atoms with Gasteiger partial charge in [0, 0.05) is 12.6 Å². The van der Waals surface area contributed by atoms with Crippen LogP contribution in [0.1, 0.15) is 20.3 Å². The summed E-state index contributed by atoms with van der Waals surface area (Å²) in [7, 11) is 0. The van der Waals surface area contributed by atoms with E-state index in [9.17, 15) is 9.90 Å². The molecule has 0 unspecified atom stereocenters. The SMILES string of the molecule is CCC(=O)[O-].CCO.[Na+]. The Labute approximate surface area is 77.4 Å². The molecule has 0 heterocycles. The van der Waals surface area contributed by atoms with E-state index in [0.717, 1.165) is 0 Å². The van der Waals surface area contributed by atoms with E-state index in [1.54, 1.807) is 6.92 Å². The Morgan fingerprint density at radius 2 is 1.67 bits per heavy atom. The minimum Gasteiger partial charge on any atom is -0.550 e. The quantitative estimate of drug-likeness (QED) is 0.381. The molecule has 0 atom stereocenters. The fourth-order valence-corrected chi connectivity index (χ4v) is 0. The number of carboxylic acid groups (broad SMARTS) is 1. The molecule has 0 aliphatic rings. The number of carbonyl (C=O) groups excluding carboxylic acids is 1. The van der Waals surface area contributed by atoms with E-state index >= 15 is 0 Å². The average Bonchev–Trinajstić information content (AvgIpc) is 1.69. The smallest absolute Gasteiger partial charge is 0.550 e. The third-order valence-corrected chi connectivity index (χ3v) is 0.289. The van der Waals surface area contributed by atoms with Gasteiger partial charge in [0.15, 0.2) is 0 Å². The van der Waals surface area contributed by atoms with Crippen molar-refractivity contribution in [3.05, 3.63) is 0 Å². The Morgan fingerprint density at radius 3 is 1.67 bits per heavy atom. The third kappa shape index (κ3) is 59.0. The van der Waals surface area contributed by atoms with Crippen molar-refractivity contribution in [2.75, 3.05) is 6.61 Å². The van der Waals surface area contributed by atoms with Crippen LogP contribution in [0.2, 0.25) is 0 Å². The van der Waals surface area contributed by atoms with Crippen LogP contribution in [0.4, 0.5) is 0 Å². The Kier molecular flexibility index (Phi) is 28.4. The van der Waals surface area contributed by atoms with Gasteiger partial charge < -0.3 is 15.0 Å². The fourth-order valence-electron chi connectivity index (χ4n) is 0.